The Morgan fingerprint density at radius 3 is 2.39 bits per heavy atom. The number of nitrogens with zero attached hydrogens (tertiary/aromatic N) is 1. The van der Waals surface area contributed by atoms with E-state index in [1.54, 1.807) is 4.90 Å². The average molecular weight is 408 g/mol. The fourth-order valence-corrected chi connectivity index (χ4v) is 4.43. The van der Waals surface area contributed by atoms with Crippen LogP contribution < -0.4 is 0 Å². The summed E-state index contributed by atoms with van der Waals surface area (Å²) in [5.74, 6) is -0.350. The Balaban J connectivity index is 2.10. The quantitative estimate of drug-likeness (QED) is 0.518. The number of ether oxygens (including phenoxy) is 2. The van der Waals surface area contributed by atoms with Crippen molar-refractivity contribution in [3.05, 3.63) is 35.9 Å². The minimum absolute atomic E-state index is 0.0457. The van der Waals surface area contributed by atoms with Crippen LogP contribution in [-0.2, 0) is 25.3 Å². The van der Waals surface area contributed by atoms with Crippen molar-refractivity contribution >= 4 is 20.4 Å². The smallest absolute Gasteiger partial charge is 0.410 e. The molecule has 1 heterocycles. The van der Waals surface area contributed by atoms with Gasteiger partial charge in [-0.1, -0.05) is 51.1 Å². The molecule has 1 amide bonds. The largest absolute Gasteiger partial charge is 0.469 e. The highest BCUT2D eigenvalue weighted by Crippen LogP contribution is 2.39. The van der Waals surface area contributed by atoms with Gasteiger partial charge in [0.05, 0.1) is 25.7 Å². The monoisotopic (exact) mass is 407 g/mol. The Hall–Kier alpha value is -1.86. The summed E-state index contributed by atoms with van der Waals surface area (Å²) < 4.78 is 16.9. The first kappa shape index (κ1) is 22.4. The van der Waals surface area contributed by atoms with Gasteiger partial charge >= 0.3 is 12.1 Å². The molecule has 0 radical (unpaired) electrons. The Morgan fingerprint density at radius 2 is 1.82 bits per heavy atom. The molecule has 1 aliphatic heterocycles. The molecule has 1 aromatic carbocycles. The fourth-order valence-electron chi connectivity index (χ4n) is 3.04. The van der Waals surface area contributed by atoms with Gasteiger partial charge in [-0.3, -0.25) is 4.79 Å². The fraction of sp³-hybridized carbons (Fsp3) is 0.619. The van der Waals surface area contributed by atoms with Crippen LogP contribution in [0.3, 0.4) is 0 Å². The summed E-state index contributed by atoms with van der Waals surface area (Å²) in [4.78, 5) is 26.3. The zero-order valence-corrected chi connectivity index (χ0v) is 18.9. The summed E-state index contributed by atoms with van der Waals surface area (Å²) in [6.07, 6.45) is 0.188. The highest BCUT2D eigenvalue weighted by molar-refractivity contribution is 6.74. The molecule has 28 heavy (non-hydrogen) atoms. The molecule has 0 aliphatic carbocycles. The molecule has 0 N–H and O–H groups in total. The van der Waals surface area contributed by atoms with Gasteiger partial charge in [-0.25, -0.2) is 4.79 Å². The molecular formula is C21H33NO5Si. The van der Waals surface area contributed by atoms with Crippen molar-refractivity contribution in [3.63, 3.8) is 0 Å². The van der Waals surface area contributed by atoms with Crippen LogP contribution in [0.4, 0.5) is 4.79 Å². The number of hydrogen-bond donors (Lipinski definition) is 0. The maximum absolute atomic E-state index is 12.7. The molecule has 1 aliphatic rings. The zero-order valence-electron chi connectivity index (χ0n) is 17.9. The minimum atomic E-state index is -2.04. The van der Waals surface area contributed by atoms with Crippen molar-refractivity contribution in [1.29, 1.82) is 0 Å². The summed E-state index contributed by atoms with van der Waals surface area (Å²) >= 11 is 0. The second kappa shape index (κ2) is 9.09. The predicted octanol–water partition coefficient (Wildman–Crippen LogP) is 4.35. The maximum Gasteiger partial charge on any atom is 0.410 e. The topological polar surface area (TPSA) is 65.1 Å². The molecule has 1 fully saturated rings. The first-order valence-corrected chi connectivity index (χ1v) is 12.7. The van der Waals surface area contributed by atoms with E-state index in [2.05, 4.69) is 33.9 Å². The highest BCUT2D eigenvalue weighted by atomic mass is 28.4. The molecule has 2 rings (SSSR count). The number of benzene rings is 1. The number of methoxy groups -OCH3 is 1. The molecule has 156 valence electrons. The third kappa shape index (κ3) is 5.58. The lowest BCUT2D eigenvalue weighted by atomic mass is 10.1. The first-order chi connectivity index (χ1) is 13.0. The van der Waals surface area contributed by atoms with Crippen LogP contribution in [0.1, 0.15) is 39.2 Å². The molecule has 2 unspecified atom stereocenters. The molecule has 1 saturated heterocycles. The summed E-state index contributed by atoms with van der Waals surface area (Å²) in [7, 11) is -0.679. The van der Waals surface area contributed by atoms with Crippen molar-refractivity contribution in [2.24, 2.45) is 0 Å². The third-order valence-electron chi connectivity index (χ3n) is 5.78. The number of rotatable bonds is 6. The van der Waals surface area contributed by atoms with Crippen LogP contribution in [0, 0.1) is 0 Å². The molecule has 0 bridgehead atoms. The molecule has 1 aromatic rings. The van der Waals surface area contributed by atoms with Crippen molar-refractivity contribution < 1.29 is 23.5 Å². The zero-order chi connectivity index (χ0) is 20.9. The van der Waals surface area contributed by atoms with Crippen LogP contribution in [0.25, 0.3) is 0 Å². The summed E-state index contributed by atoms with van der Waals surface area (Å²) in [5, 5.41) is 0.0457. The molecule has 0 spiro atoms. The number of likely N-dealkylation sites (tertiary alicyclic amines) is 1. The second-order valence-corrected chi connectivity index (χ2v) is 13.5. The number of carbonyl (C=O) groups is 2. The van der Waals surface area contributed by atoms with Gasteiger partial charge in [0.2, 0.25) is 0 Å². The molecule has 2 atom stereocenters. The van der Waals surface area contributed by atoms with Crippen LogP contribution in [0.2, 0.25) is 18.1 Å². The van der Waals surface area contributed by atoms with E-state index >= 15 is 0 Å². The predicted molar refractivity (Wildman–Crippen MR) is 110 cm³/mol. The van der Waals surface area contributed by atoms with Gasteiger partial charge in [0.1, 0.15) is 6.61 Å². The maximum atomic E-state index is 12.7. The number of hydrogen-bond acceptors (Lipinski definition) is 5. The normalized spacial score (nSPS) is 20.1. The lowest BCUT2D eigenvalue weighted by Crippen LogP contribution is -2.49. The lowest BCUT2D eigenvalue weighted by molar-refractivity contribution is -0.142. The summed E-state index contributed by atoms with van der Waals surface area (Å²) in [6.45, 7) is 11.6. The molecule has 7 heteroatoms. The van der Waals surface area contributed by atoms with E-state index < -0.39 is 14.4 Å². The van der Waals surface area contributed by atoms with E-state index in [1.807, 2.05) is 30.3 Å². The van der Waals surface area contributed by atoms with Gasteiger partial charge in [0, 0.05) is 6.54 Å². The average Bonchev–Trinajstić information content (AvgIpc) is 3.01. The van der Waals surface area contributed by atoms with Gasteiger partial charge in [-0.05, 0) is 30.1 Å². The van der Waals surface area contributed by atoms with Crippen LogP contribution in [-0.4, -0.2) is 51.1 Å². The Labute approximate surface area is 169 Å². The van der Waals surface area contributed by atoms with Gasteiger partial charge in [-0.15, -0.1) is 0 Å². The van der Waals surface area contributed by atoms with E-state index in [4.69, 9.17) is 13.9 Å². The van der Waals surface area contributed by atoms with Gasteiger partial charge in [-0.2, -0.15) is 0 Å². The van der Waals surface area contributed by atoms with E-state index in [0.29, 0.717) is 13.0 Å². The van der Waals surface area contributed by atoms with E-state index in [9.17, 15) is 9.59 Å². The van der Waals surface area contributed by atoms with E-state index in [1.165, 1.54) is 7.11 Å². The third-order valence-corrected chi connectivity index (χ3v) is 10.3. The van der Waals surface area contributed by atoms with Crippen molar-refractivity contribution in [2.75, 3.05) is 13.7 Å². The standard InChI is InChI=1S/C21H33NO5Si/c1-21(2,3)28(5,6)27-18-12-13-22(17(18)14-19(23)25-4)20(24)26-15-16-10-8-7-9-11-16/h7-11,17-18H,12-15H2,1-6H3. The van der Waals surface area contributed by atoms with Crippen molar-refractivity contribution in [2.45, 2.75) is 70.5 Å². The molecule has 0 aromatic heterocycles. The minimum Gasteiger partial charge on any atom is -0.469 e. The van der Waals surface area contributed by atoms with Crippen LogP contribution in [0.15, 0.2) is 30.3 Å². The van der Waals surface area contributed by atoms with Crippen molar-refractivity contribution in [3.8, 4) is 0 Å². The summed E-state index contributed by atoms with van der Waals surface area (Å²) in [6, 6.07) is 9.18. The Morgan fingerprint density at radius 1 is 1.18 bits per heavy atom. The van der Waals surface area contributed by atoms with Crippen LogP contribution >= 0.6 is 0 Å². The highest BCUT2D eigenvalue weighted by Gasteiger charge is 2.46. The molecular weight excluding hydrogens is 374 g/mol. The SMILES string of the molecule is COC(=O)CC1C(O[Si](C)(C)C(C)(C)C)CCN1C(=O)OCc1ccccc1. The number of carbonyl (C=O) groups excluding carboxylic acids is 2. The van der Waals surface area contributed by atoms with Gasteiger partial charge < -0.3 is 18.8 Å². The second-order valence-electron chi connectivity index (χ2n) is 8.79. The van der Waals surface area contributed by atoms with Crippen molar-refractivity contribution in [1.82, 2.24) is 4.90 Å². The van der Waals surface area contributed by atoms with E-state index in [-0.39, 0.29) is 36.2 Å². The summed E-state index contributed by atoms with van der Waals surface area (Å²) in [5.41, 5.74) is 0.925. The Kier molecular flexibility index (Phi) is 7.28. The van der Waals surface area contributed by atoms with E-state index in [0.717, 1.165) is 5.56 Å². The first-order valence-electron chi connectivity index (χ1n) is 9.77. The van der Waals surface area contributed by atoms with Gasteiger partial charge in [0.25, 0.3) is 0 Å². The van der Waals surface area contributed by atoms with Gasteiger partial charge in [0.15, 0.2) is 8.32 Å². The number of esters is 1. The molecule has 0 saturated carbocycles. The molecule has 6 nitrogen and oxygen atoms in total. The Bertz CT molecular complexity index is 671. The van der Waals surface area contributed by atoms with Crippen LogP contribution in [0.5, 0.6) is 0 Å². The lowest BCUT2D eigenvalue weighted by Gasteiger charge is -2.40. The number of amides is 1.